The van der Waals surface area contributed by atoms with E-state index in [1.165, 1.54) is 0 Å². The molecule has 100 valence electrons. The van der Waals surface area contributed by atoms with Crippen LogP contribution < -0.4 is 4.74 Å². The van der Waals surface area contributed by atoms with Crippen molar-refractivity contribution in [3.63, 3.8) is 0 Å². The molecule has 1 heterocycles. The molecule has 2 atom stereocenters. The van der Waals surface area contributed by atoms with E-state index in [2.05, 4.69) is 45.4 Å². The molecule has 3 nitrogen and oxygen atoms in total. The maximum atomic E-state index is 6.00. The van der Waals surface area contributed by atoms with Gasteiger partial charge in [-0.15, -0.1) is 0 Å². The van der Waals surface area contributed by atoms with Crippen LogP contribution in [0.1, 0.15) is 6.92 Å². The van der Waals surface area contributed by atoms with Crippen LogP contribution in [0.3, 0.4) is 0 Å². The summed E-state index contributed by atoms with van der Waals surface area (Å²) < 4.78 is 19.3. The first-order valence-electron chi connectivity index (χ1n) is 5.81. The van der Waals surface area contributed by atoms with Crippen LogP contribution in [0.5, 0.6) is 5.75 Å². The van der Waals surface area contributed by atoms with Gasteiger partial charge in [-0.1, -0.05) is 38.5 Å². The second-order valence-corrected chi connectivity index (χ2v) is 6.28. The van der Waals surface area contributed by atoms with E-state index in [9.17, 15) is 0 Å². The summed E-state index contributed by atoms with van der Waals surface area (Å²) in [6.07, 6.45) is 0.00200. The van der Waals surface area contributed by atoms with Gasteiger partial charge in [-0.05, 0) is 31.2 Å². The third kappa shape index (κ3) is 4.08. The van der Waals surface area contributed by atoms with Crippen LogP contribution in [0, 0.1) is 0 Å². The number of ether oxygens (including phenoxy) is 3. The highest BCUT2D eigenvalue weighted by atomic mass is 127. The summed E-state index contributed by atoms with van der Waals surface area (Å²) in [5.74, 6) is 0.851. The number of rotatable bonds is 4. The van der Waals surface area contributed by atoms with Crippen molar-refractivity contribution in [2.75, 3.05) is 24.2 Å². The smallest absolute Gasteiger partial charge is 0.119 e. The molecule has 2 rings (SSSR count). The molecule has 5 heteroatoms. The normalized spacial score (nSPS) is 28.1. The van der Waals surface area contributed by atoms with Gasteiger partial charge < -0.3 is 14.2 Å². The standard InChI is InChI=1S/C13H16BrIO3/c1-13(8-15)9-16-6-12(18-13)7-17-11-4-2-10(14)3-5-11/h2-5,12H,6-9H2,1H3/t12-,13+/m0/s1. The molecule has 1 saturated heterocycles. The fraction of sp³-hybridized carbons (Fsp3) is 0.538. The molecule has 1 fully saturated rings. The molecule has 0 unspecified atom stereocenters. The van der Waals surface area contributed by atoms with E-state index in [4.69, 9.17) is 14.2 Å². The predicted octanol–water partition coefficient (Wildman–Crippen LogP) is 3.44. The quantitative estimate of drug-likeness (QED) is 0.545. The Balaban J connectivity index is 1.85. The highest BCUT2D eigenvalue weighted by molar-refractivity contribution is 14.1. The van der Waals surface area contributed by atoms with Gasteiger partial charge in [0.25, 0.3) is 0 Å². The Morgan fingerprint density at radius 2 is 2.17 bits per heavy atom. The minimum Gasteiger partial charge on any atom is -0.491 e. The zero-order valence-electron chi connectivity index (χ0n) is 10.2. The van der Waals surface area contributed by atoms with Crippen LogP contribution in [-0.4, -0.2) is 36.0 Å². The lowest BCUT2D eigenvalue weighted by atomic mass is 10.1. The number of halogens is 2. The molecule has 0 amide bonds. The van der Waals surface area contributed by atoms with Gasteiger partial charge in [0.2, 0.25) is 0 Å². The van der Waals surface area contributed by atoms with E-state index in [0.717, 1.165) is 14.6 Å². The first-order chi connectivity index (χ1) is 8.61. The van der Waals surface area contributed by atoms with Crippen molar-refractivity contribution in [3.05, 3.63) is 28.7 Å². The molecular formula is C13H16BrIO3. The molecule has 0 radical (unpaired) electrons. The summed E-state index contributed by atoms with van der Waals surface area (Å²) in [4.78, 5) is 0. The van der Waals surface area contributed by atoms with Crippen molar-refractivity contribution in [1.82, 2.24) is 0 Å². The molecule has 0 aromatic heterocycles. The number of benzene rings is 1. The van der Waals surface area contributed by atoms with E-state index in [1.54, 1.807) is 0 Å². The zero-order chi connectivity index (χ0) is 13.0. The summed E-state index contributed by atoms with van der Waals surface area (Å²) in [5, 5.41) is 0. The zero-order valence-corrected chi connectivity index (χ0v) is 13.9. The molecule has 0 spiro atoms. The van der Waals surface area contributed by atoms with Gasteiger partial charge >= 0.3 is 0 Å². The maximum absolute atomic E-state index is 6.00. The molecule has 1 aromatic rings. The second kappa shape index (κ2) is 6.54. The SMILES string of the molecule is C[C@@]1(CI)COC[C@@H](COc2ccc(Br)cc2)O1. The minimum atomic E-state index is -0.188. The Labute approximate surface area is 129 Å². The largest absolute Gasteiger partial charge is 0.491 e. The molecule has 1 aliphatic heterocycles. The topological polar surface area (TPSA) is 27.7 Å². The Kier molecular flexibility index (Phi) is 5.29. The van der Waals surface area contributed by atoms with Crippen LogP contribution >= 0.6 is 38.5 Å². The maximum Gasteiger partial charge on any atom is 0.119 e. The minimum absolute atomic E-state index is 0.00200. The highest BCUT2D eigenvalue weighted by Crippen LogP contribution is 2.23. The van der Waals surface area contributed by atoms with Gasteiger partial charge in [-0.2, -0.15) is 0 Å². The van der Waals surface area contributed by atoms with Crippen LogP contribution in [0.25, 0.3) is 0 Å². The van der Waals surface area contributed by atoms with Crippen LogP contribution in [0.15, 0.2) is 28.7 Å². The van der Waals surface area contributed by atoms with E-state index in [1.807, 2.05) is 24.3 Å². The van der Waals surface area contributed by atoms with Crippen molar-refractivity contribution in [2.24, 2.45) is 0 Å². The second-order valence-electron chi connectivity index (χ2n) is 4.60. The van der Waals surface area contributed by atoms with Crippen LogP contribution in [-0.2, 0) is 9.47 Å². The average molecular weight is 427 g/mol. The molecule has 0 aliphatic carbocycles. The van der Waals surface area contributed by atoms with Crippen LogP contribution in [0.2, 0.25) is 0 Å². The van der Waals surface area contributed by atoms with Gasteiger partial charge in [0.15, 0.2) is 0 Å². The first kappa shape index (κ1) is 14.6. The highest BCUT2D eigenvalue weighted by Gasteiger charge is 2.33. The van der Waals surface area contributed by atoms with E-state index < -0.39 is 0 Å². The monoisotopic (exact) mass is 426 g/mol. The molecule has 1 aliphatic rings. The number of hydrogen-bond acceptors (Lipinski definition) is 3. The van der Waals surface area contributed by atoms with E-state index in [0.29, 0.717) is 19.8 Å². The van der Waals surface area contributed by atoms with Gasteiger partial charge in [-0.3, -0.25) is 0 Å². The first-order valence-corrected chi connectivity index (χ1v) is 8.13. The third-order valence-corrected chi connectivity index (χ3v) is 4.84. The van der Waals surface area contributed by atoms with Crippen molar-refractivity contribution in [3.8, 4) is 5.75 Å². The predicted molar refractivity (Wildman–Crippen MR) is 82.6 cm³/mol. The number of alkyl halides is 1. The van der Waals surface area contributed by atoms with Gasteiger partial charge in [0.1, 0.15) is 18.5 Å². The van der Waals surface area contributed by atoms with Crippen LogP contribution in [0.4, 0.5) is 0 Å². The fourth-order valence-electron chi connectivity index (χ4n) is 1.75. The molecule has 0 saturated carbocycles. The van der Waals surface area contributed by atoms with Gasteiger partial charge in [0.05, 0.1) is 18.8 Å². The molecule has 18 heavy (non-hydrogen) atoms. The fourth-order valence-corrected chi connectivity index (χ4v) is 2.41. The molecule has 0 N–H and O–H groups in total. The van der Waals surface area contributed by atoms with Gasteiger partial charge in [-0.25, -0.2) is 0 Å². The average Bonchev–Trinajstić information content (AvgIpc) is 2.38. The third-order valence-electron chi connectivity index (χ3n) is 2.69. The molecular weight excluding hydrogens is 411 g/mol. The van der Waals surface area contributed by atoms with E-state index >= 15 is 0 Å². The summed E-state index contributed by atoms with van der Waals surface area (Å²) in [6, 6.07) is 7.79. The van der Waals surface area contributed by atoms with Crippen molar-refractivity contribution in [1.29, 1.82) is 0 Å². The Bertz CT molecular complexity index is 384. The summed E-state index contributed by atoms with van der Waals surface area (Å²) in [5.41, 5.74) is -0.188. The lowest BCUT2D eigenvalue weighted by Crippen LogP contribution is -2.48. The lowest BCUT2D eigenvalue weighted by Gasteiger charge is -2.37. The molecule has 0 bridgehead atoms. The summed E-state index contributed by atoms with van der Waals surface area (Å²) in [6.45, 7) is 3.85. The summed E-state index contributed by atoms with van der Waals surface area (Å²) in [7, 11) is 0. The van der Waals surface area contributed by atoms with Crippen molar-refractivity contribution >= 4 is 38.5 Å². The van der Waals surface area contributed by atoms with Crippen molar-refractivity contribution in [2.45, 2.75) is 18.6 Å². The number of hydrogen-bond donors (Lipinski definition) is 0. The lowest BCUT2D eigenvalue weighted by molar-refractivity contribution is -0.186. The summed E-state index contributed by atoms with van der Waals surface area (Å²) >= 11 is 5.72. The Hall–Kier alpha value is 0.150. The van der Waals surface area contributed by atoms with Crippen molar-refractivity contribution < 1.29 is 14.2 Å². The Morgan fingerprint density at radius 3 is 2.83 bits per heavy atom. The van der Waals surface area contributed by atoms with Gasteiger partial charge in [0, 0.05) is 8.90 Å². The molecule has 1 aromatic carbocycles. The Morgan fingerprint density at radius 1 is 1.44 bits per heavy atom. The van der Waals surface area contributed by atoms with E-state index in [-0.39, 0.29) is 11.7 Å².